The second-order valence-electron chi connectivity index (χ2n) is 8.04. The molecule has 1 aliphatic rings. The van der Waals surface area contributed by atoms with Gasteiger partial charge in [0.25, 0.3) is 15.9 Å². The second kappa shape index (κ2) is 9.68. The fourth-order valence-corrected chi connectivity index (χ4v) is 6.18. The minimum Gasteiger partial charge on any atom is -0.496 e. The smallest absolute Gasteiger partial charge is 0.264 e. The Kier molecular flexibility index (Phi) is 6.86. The molecular weight excluding hydrogens is 472 g/mol. The van der Waals surface area contributed by atoms with Crippen LogP contribution in [0, 0.1) is 0 Å². The average molecular weight is 499 g/mol. The number of carbonyl (C=O) groups is 1. The van der Waals surface area contributed by atoms with Gasteiger partial charge in [-0.15, -0.1) is 0 Å². The fourth-order valence-electron chi connectivity index (χ4n) is 4.36. The lowest BCUT2D eigenvalue weighted by atomic mass is 10.0. The molecule has 0 fully saturated rings. The van der Waals surface area contributed by atoms with Crippen molar-refractivity contribution in [3.05, 3.63) is 81.9 Å². The maximum Gasteiger partial charge on any atom is 0.264 e. The highest BCUT2D eigenvalue weighted by Gasteiger charge is 2.31. The molecule has 34 heavy (non-hydrogen) atoms. The quantitative estimate of drug-likeness (QED) is 0.468. The molecule has 1 heterocycles. The Balaban J connectivity index is 1.74. The SMILES string of the molecule is CCc1ccc(Cl)c(CC)c1NC(=O)c1cc(S(=O)(=O)N2CCc3ccccc32)ccc1OC. The van der Waals surface area contributed by atoms with Crippen molar-refractivity contribution in [1.29, 1.82) is 0 Å². The maximum absolute atomic E-state index is 13.5. The predicted molar refractivity (Wildman–Crippen MR) is 136 cm³/mol. The Hall–Kier alpha value is -3.03. The topological polar surface area (TPSA) is 75.7 Å². The van der Waals surface area contributed by atoms with E-state index in [1.54, 1.807) is 6.07 Å². The summed E-state index contributed by atoms with van der Waals surface area (Å²) in [5.74, 6) is -0.168. The number of fused-ring (bicyclic) bond motifs is 1. The van der Waals surface area contributed by atoms with Gasteiger partial charge in [-0.3, -0.25) is 9.10 Å². The van der Waals surface area contributed by atoms with Crippen LogP contribution in [0.2, 0.25) is 5.02 Å². The third-order valence-electron chi connectivity index (χ3n) is 6.16. The van der Waals surface area contributed by atoms with Crippen molar-refractivity contribution in [3.63, 3.8) is 0 Å². The summed E-state index contributed by atoms with van der Waals surface area (Å²) in [6.45, 7) is 4.33. The summed E-state index contributed by atoms with van der Waals surface area (Å²) in [6.07, 6.45) is 2.00. The Morgan fingerprint density at radius 3 is 2.56 bits per heavy atom. The number of halogens is 1. The van der Waals surface area contributed by atoms with Gasteiger partial charge in [0.1, 0.15) is 5.75 Å². The third kappa shape index (κ3) is 4.26. The van der Waals surface area contributed by atoms with E-state index in [4.69, 9.17) is 16.3 Å². The Labute approximate surface area is 205 Å². The highest BCUT2D eigenvalue weighted by molar-refractivity contribution is 7.92. The molecule has 0 spiro atoms. The number of amides is 1. The van der Waals surface area contributed by atoms with Crippen LogP contribution in [0.5, 0.6) is 5.75 Å². The van der Waals surface area contributed by atoms with Gasteiger partial charge in [0.15, 0.2) is 0 Å². The molecule has 3 aromatic rings. The Morgan fingerprint density at radius 1 is 1.09 bits per heavy atom. The van der Waals surface area contributed by atoms with E-state index in [9.17, 15) is 13.2 Å². The molecule has 0 unspecified atom stereocenters. The second-order valence-corrected chi connectivity index (χ2v) is 10.3. The van der Waals surface area contributed by atoms with Crippen LogP contribution >= 0.6 is 11.6 Å². The molecule has 0 bridgehead atoms. The van der Waals surface area contributed by atoms with E-state index in [2.05, 4.69) is 5.32 Å². The number of aryl methyl sites for hydroxylation is 1. The van der Waals surface area contributed by atoms with Gasteiger partial charge in [-0.05, 0) is 66.3 Å². The number of hydrogen-bond donors (Lipinski definition) is 1. The molecule has 0 saturated carbocycles. The monoisotopic (exact) mass is 498 g/mol. The number of sulfonamides is 1. The van der Waals surface area contributed by atoms with E-state index in [1.165, 1.54) is 29.6 Å². The lowest BCUT2D eigenvalue weighted by molar-refractivity contribution is 0.102. The minimum absolute atomic E-state index is 0.0349. The van der Waals surface area contributed by atoms with Crippen LogP contribution in [0.25, 0.3) is 0 Å². The average Bonchev–Trinajstić information content (AvgIpc) is 3.29. The molecule has 1 aliphatic heterocycles. The van der Waals surface area contributed by atoms with Crippen molar-refractivity contribution < 1.29 is 17.9 Å². The first-order chi connectivity index (χ1) is 16.3. The van der Waals surface area contributed by atoms with E-state index in [0.717, 1.165) is 16.7 Å². The molecule has 0 aromatic heterocycles. The first kappa shape index (κ1) is 24.1. The summed E-state index contributed by atoms with van der Waals surface area (Å²) < 4.78 is 33.8. The number of carbonyl (C=O) groups excluding carboxylic acids is 1. The molecule has 1 N–H and O–H groups in total. The molecule has 1 amide bonds. The standard InChI is InChI=1S/C26H27ClN2O4S/c1-4-17-10-12-22(27)20(5-2)25(17)28-26(30)21-16-19(11-13-24(21)33-3)34(31,32)29-15-14-18-8-6-7-9-23(18)29/h6-13,16H,4-5,14-15H2,1-3H3,(H,28,30). The molecule has 6 nitrogen and oxygen atoms in total. The fraction of sp³-hybridized carbons (Fsp3) is 0.269. The summed E-state index contributed by atoms with van der Waals surface area (Å²) in [5, 5.41) is 3.54. The molecule has 4 rings (SSSR count). The van der Waals surface area contributed by atoms with E-state index in [1.807, 2.05) is 44.2 Å². The van der Waals surface area contributed by atoms with Crippen molar-refractivity contribution in [2.45, 2.75) is 38.0 Å². The van der Waals surface area contributed by atoms with Crippen molar-refractivity contribution in [2.24, 2.45) is 0 Å². The van der Waals surface area contributed by atoms with Gasteiger partial charge in [-0.25, -0.2) is 8.42 Å². The van der Waals surface area contributed by atoms with Crippen LogP contribution in [-0.2, 0) is 29.3 Å². The van der Waals surface area contributed by atoms with Crippen molar-refractivity contribution >= 4 is 38.9 Å². The van der Waals surface area contributed by atoms with E-state index >= 15 is 0 Å². The molecule has 0 radical (unpaired) electrons. The van der Waals surface area contributed by atoms with Crippen molar-refractivity contribution in [3.8, 4) is 5.75 Å². The normalized spacial score (nSPS) is 13.0. The van der Waals surface area contributed by atoms with Gasteiger partial charge in [-0.1, -0.05) is 49.7 Å². The first-order valence-corrected chi connectivity index (χ1v) is 13.0. The van der Waals surface area contributed by atoms with Gasteiger partial charge in [0.05, 0.1) is 23.3 Å². The number of nitrogens with zero attached hydrogens (tertiary/aromatic N) is 1. The van der Waals surface area contributed by atoms with E-state index in [0.29, 0.717) is 42.2 Å². The number of methoxy groups -OCH3 is 1. The van der Waals surface area contributed by atoms with Crippen molar-refractivity contribution in [1.82, 2.24) is 0 Å². The van der Waals surface area contributed by atoms with Crippen molar-refractivity contribution in [2.75, 3.05) is 23.3 Å². The molecule has 0 saturated heterocycles. The maximum atomic E-state index is 13.5. The van der Waals surface area contributed by atoms with Crippen LogP contribution in [0.1, 0.15) is 40.9 Å². The lowest BCUT2D eigenvalue weighted by Gasteiger charge is -2.21. The lowest BCUT2D eigenvalue weighted by Crippen LogP contribution is -2.29. The minimum atomic E-state index is -3.86. The third-order valence-corrected chi connectivity index (χ3v) is 8.33. The molecule has 3 aromatic carbocycles. The van der Waals surface area contributed by atoms with E-state index < -0.39 is 15.9 Å². The van der Waals surface area contributed by atoms with Gasteiger partial charge >= 0.3 is 0 Å². The zero-order chi connectivity index (χ0) is 24.5. The largest absolute Gasteiger partial charge is 0.496 e. The van der Waals surface area contributed by atoms with Gasteiger partial charge in [-0.2, -0.15) is 0 Å². The molecule has 0 atom stereocenters. The molecule has 8 heteroatoms. The zero-order valence-corrected chi connectivity index (χ0v) is 21.0. The number of anilines is 2. The first-order valence-electron chi connectivity index (χ1n) is 11.2. The molecule has 0 aliphatic carbocycles. The number of rotatable bonds is 7. The molecule has 178 valence electrons. The molecular formula is C26H27ClN2O4S. The van der Waals surface area contributed by atoms with Gasteiger partial charge < -0.3 is 10.1 Å². The number of para-hydroxylation sites is 1. The highest BCUT2D eigenvalue weighted by atomic mass is 35.5. The zero-order valence-electron chi connectivity index (χ0n) is 19.4. The summed E-state index contributed by atoms with van der Waals surface area (Å²) in [5.41, 5.74) is 4.24. The summed E-state index contributed by atoms with van der Waals surface area (Å²) in [6, 6.07) is 15.5. The summed E-state index contributed by atoms with van der Waals surface area (Å²) in [4.78, 5) is 13.4. The van der Waals surface area contributed by atoms with Crippen LogP contribution in [-0.4, -0.2) is 28.0 Å². The number of hydrogen-bond acceptors (Lipinski definition) is 4. The number of nitrogens with one attached hydrogen (secondary N) is 1. The van der Waals surface area contributed by atoms with Crippen LogP contribution in [0.3, 0.4) is 0 Å². The van der Waals surface area contributed by atoms with Gasteiger partial charge in [0, 0.05) is 17.3 Å². The highest BCUT2D eigenvalue weighted by Crippen LogP contribution is 2.35. The van der Waals surface area contributed by atoms with Gasteiger partial charge in [0.2, 0.25) is 0 Å². The van der Waals surface area contributed by atoms with E-state index in [-0.39, 0.29) is 16.2 Å². The number of ether oxygens (including phenoxy) is 1. The summed E-state index contributed by atoms with van der Waals surface area (Å²) in [7, 11) is -2.41. The Bertz CT molecular complexity index is 1350. The predicted octanol–water partition coefficient (Wildman–Crippen LogP) is 5.48. The summed E-state index contributed by atoms with van der Waals surface area (Å²) >= 11 is 6.38. The van der Waals surface area contributed by atoms with Crippen LogP contribution in [0.4, 0.5) is 11.4 Å². The van der Waals surface area contributed by atoms with Crippen LogP contribution < -0.4 is 14.4 Å². The number of benzene rings is 3. The van der Waals surface area contributed by atoms with Crippen LogP contribution in [0.15, 0.2) is 59.5 Å². The Morgan fingerprint density at radius 2 is 1.85 bits per heavy atom.